The second kappa shape index (κ2) is 7.36. The highest BCUT2D eigenvalue weighted by molar-refractivity contribution is 5.96. The summed E-state index contributed by atoms with van der Waals surface area (Å²) in [4.78, 5) is 14.9. The zero-order valence-corrected chi connectivity index (χ0v) is 14.9. The zero-order chi connectivity index (χ0) is 16.5. The molecule has 5 heteroatoms. The lowest BCUT2D eigenvalue weighted by Gasteiger charge is -2.32. The predicted octanol–water partition coefficient (Wildman–Crippen LogP) is 3.93. The van der Waals surface area contributed by atoms with Gasteiger partial charge in [0, 0.05) is 24.3 Å². The van der Waals surface area contributed by atoms with E-state index >= 15 is 0 Å². The minimum atomic E-state index is 0. The van der Waals surface area contributed by atoms with Gasteiger partial charge in [0.15, 0.2) is 0 Å². The maximum absolute atomic E-state index is 13.0. The van der Waals surface area contributed by atoms with Crippen LogP contribution in [0, 0.1) is 0 Å². The zero-order valence-electron chi connectivity index (χ0n) is 14.1. The summed E-state index contributed by atoms with van der Waals surface area (Å²) in [6.07, 6.45) is 3.33. The monoisotopic (exact) mass is 358 g/mol. The van der Waals surface area contributed by atoms with Crippen molar-refractivity contribution >= 4 is 29.7 Å². The molecule has 132 valence electrons. The molecule has 4 rings (SSSR count). The number of nitrogen functional groups attached to an aromatic ring is 1. The molecule has 1 unspecified atom stereocenters. The molecule has 1 atom stereocenters. The molecule has 0 saturated carbocycles. The second-order valence-electron chi connectivity index (χ2n) is 6.57. The lowest BCUT2D eigenvalue weighted by molar-refractivity contribution is -0.119. The van der Waals surface area contributed by atoms with Gasteiger partial charge in [-0.3, -0.25) is 4.79 Å². The van der Waals surface area contributed by atoms with Crippen molar-refractivity contribution in [1.82, 2.24) is 0 Å². The van der Waals surface area contributed by atoms with Crippen molar-refractivity contribution in [2.45, 2.75) is 31.6 Å². The van der Waals surface area contributed by atoms with E-state index in [0.29, 0.717) is 13.0 Å². The number of ether oxygens (including phenoxy) is 1. The Hall–Kier alpha value is -2.20. The number of hydrogen-bond donors (Lipinski definition) is 1. The number of carbonyl (C=O) groups is 1. The fraction of sp³-hybridized carbons (Fsp3) is 0.350. The summed E-state index contributed by atoms with van der Waals surface area (Å²) in [6, 6.07) is 13.9. The van der Waals surface area contributed by atoms with Gasteiger partial charge in [-0.1, -0.05) is 24.3 Å². The Kier molecular flexibility index (Phi) is 5.19. The Morgan fingerprint density at radius 3 is 2.92 bits per heavy atom. The first-order valence-electron chi connectivity index (χ1n) is 8.63. The molecule has 25 heavy (non-hydrogen) atoms. The van der Waals surface area contributed by atoms with Crippen molar-refractivity contribution in [2.24, 2.45) is 0 Å². The minimum Gasteiger partial charge on any atom is -0.493 e. The van der Waals surface area contributed by atoms with Crippen LogP contribution in [0.15, 0.2) is 42.5 Å². The normalized spacial score (nSPS) is 18.4. The van der Waals surface area contributed by atoms with Crippen molar-refractivity contribution in [3.63, 3.8) is 0 Å². The lowest BCUT2D eigenvalue weighted by Crippen LogP contribution is -2.37. The molecular weight excluding hydrogens is 336 g/mol. The van der Waals surface area contributed by atoms with E-state index in [9.17, 15) is 4.79 Å². The van der Waals surface area contributed by atoms with Crippen LogP contribution in [0.5, 0.6) is 5.75 Å². The summed E-state index contributed by atoms with van der Waals surface area (Å²) in [5.74, 6) is 1.34. The van der Waals surface area contributed by atoms with E-state index in [1.165, 1.54) is 0 Å². The van der Waals surface area contributed by atoms with Gasteiger partial charge in [0.2, 0.25) is 5.91 Å². The van der Waals surface area contributed by atoms with E-state index in [1.807, 2.05) is 41.3 Å². The van der Waals surface area contributed by atoms with Crippen molar-refractivity contribution in [3.8, 4) is 5.75 Å². The standard InChI is InChI=1S/C20H22N2O2.ClH/c21-17-7-3-8-18-16(17)6-4-11-22(18)20(23)13-14-10-12-24-19-9-2-1-5-15(14)19;/h1-3,5,7-9,14H,4,6,10-13,21H2;1H. The van der Waals surface area contributed by atoms with E-state index in [4.69, 9.17) is 10.5 Å². The molecule has 2 aromatic rings. The number of hydrogen-bond acceptors (Lipinski definition) is 3. The van der Waals surface area contributed by atoms with Crippen LogP contribution in [0.1, 0.15) is 36.3 Å². The molecule has 0 aliphatic carbocycles. The first-order chi connectivity index (χ1) is 11.7. The van der Waals surface area contributed by atoms with Crippen molar-refractivity contribution in [3.05, 3.63) is 53.6 Å². The van der Waals surface area contributed by atoms with E-state index in [-0.39, 0.29) is 24.2 Å². The third-order valence-corrected chi connectivity index (χ3v) is 5.09. The highest BCUT2D eigenvalue weighted by Crippen LogP contribution is 2.37. The highest BCUT2D eigenvalue weighted by atomic mass is 35.5. The molecule has 0 saturated heterocycles. The Morgan fingerprint density at radius 2 is 2.04 bits per heavy atom. The SMILES string of the molecule is Cl.Nc1cccc2c1CCCN2C(=O)CC1CCOc2ccccc21. The number of halogens is 1. The Morgan fingerprint density at radius 1 is 1.20 bits per heavy atom. The van der Waals surface area contributed by atoms with Crippen LogP contribution in [0.25, 0.3) is 0 Å². The molecule has 2 aliphatic rings. The Balaban J connectivity index is 0.00000182. The summed E-state index contributed by atoms with van der Waals surface area (Å²) in [6.45, 7) is 1.46. The molecular formula is C20H23ClN2O2. The average molecular weight is 359 g/mol. The Bertz CT molecular complexity index is 778. The Labute approximate surface area is 154 Å². The van der Waals surface area contributed by atoms with Gasteiger partial charge in [-0.05, 0) is 54.5 Å². The number of amides is 1. The lowest BCUT2D eigenvalue weighted by atomic mass is 9.89. The van der Waals surface area contributed by atoms with E-state index in [2.05, 4.69) is 6.07 Å². The maximum Gasteiger partial charge on any atom is 0.227 e. The second-order valence-corrected chi connectivity index (χ2v) is 6.57. The van der Waals surface area contributed by atoms with Gasteiger partial charge in [-0.2, -0.15) is 0 Å². The van der Waals surface area contributed by atoms with Crippen LogP contribution in [-0.4, -0.2) is 19.1 Å². The maximum atomic E-state index is 13.0. The molecule has 0 spiro atoms. The van der Waals surface area contributed by atoms with Crippen LogP contribution < -0.4 is 15.4 Å². The first kappa shape index (κ1) is 17.6. The van der Waals surface area contributed by atoms with Crippen LogP contribution >= 0.6 is 12.4 Å². The number of nitrogens with two attached hydrogens (primary N) is 1. The fourth-order valence-electron chi connectivity index (χ4n) is 3.86. The average Bonchev–Trinajstić information content (AvgIpc) is 2.62. The van der Waals surface area contributed by atoms with Crippen LogP contribution in [0.2, 0.25) is 0 Å². The number of rotatable bonds is 2. The van der Waals surface area contributed by atoms with Gasteiger partial charge in [0.05, 0.1) is 6.61 Å². The molecule has 0 aromatic heterocycles. The molecule has 2 N–H and O–H groups in total. The van der Waals surface area contributed by atoms with Gasteiger partial charge >= 0.3 is 0 Å². The number of nitrogens with zero attached hydrogens (tertiary/aromatic N) is 1. The van der Waals surface area contributed by atoms with Gasteiger partial charge < -0.3 is 15.4 Å². The number of carbonyl (C=O) groups excluding carboxylic acids is 1. The van der Waals surface area contributed by atoms with Gasteiger partial charge in [0.1, 0.15) is 5.75 Å². The molecule has 0 radical (unpaired) electrons. The highest BCUT2D eigenvalue weighted by Gasteiger charge is 2.28. The van der Waals surface area contributed by atoms with Crippen molar-refractivity contribution < 1.29 is 9.53 Å². The van der Waals surface area contributed by atoms with E-state index < -0.39 is 0 Å². The molecule has 2 aromatic carbocycles. The molecule has 2 heterocycles. The number of para-hydroxylation sites is 1. The third-order valence-electron chi connectivity index (χ3n) is 5.09. The molecule has 0 fully saturated rings. The largest absolute Gasteiger partial charge is 0.493 e. The van der Waals surface area contributed by atoms with Crippen molar-refractivity contribution in [2.75, 3.05) is 23.8 Å². The third kappa shape index (κ3) is 3.31. The molecule has 0 bridgehead atoms. The van der Waals surface area contributed by atoms with Gasteiger partial charge in [0.25, 0.3) is 0 Å². The number of anilines is 2. The predicted molar refractivity (Wildman–Crippen MR) is 103 cm³/mol. The van der Waals surface area contributed by atoms with Crippen LogP contribution in [0.3, 0.4) is 0 Å². The molecule has 2 aliphatic heterocycles. The quantitative estimate of drug-likeness (QED) is 0.827. The van der Waals surface area contributed by atoms with Crippen LogP contribution in [0.4, 0.5) is 11.4 Å². The summed E-state index contributed by atoms with van der Waals surface area (Å²) < 4.78 is 5.71. The van der Waals surface area contributed by atoms with Gasteiger partial charge in [-0.25, -0.2) is 0 Å². The molecule has 1 amide bonds. The summed E-state index contributed by atoms with van der Waals surface area (Å²) >= 11 is 0. The van der Waals surface area contributed by atoms with E-state index in [1.54, 1.807) is 0 Å². The summed E-state index contributed by atoms with van der Waals surface area (Å²) in [7, 11) is 0. The van der Waals surface area contributed by atoms with Crippen LogP contribution in [-0.2, 0) is 11.2 Å². The van der Waals surface area contributed by atoms with Crippen molar-refractivity contribution in [1.29, 1.82) is 0 Å². The molecule has 4 nitrogen and oxygen atoms in total. The summed E-state index contributed by atoms with van der Waals surface area (Å²) in [5, 5.41) is 0. The smallest absolute Gasteiger partial charge is 0.227 e. The first-order valence-corrected chi connectivity index (χ1v) is 8.63. The fourth-order valence-corrected chi connectivity index (χ4v) is 3.86. The number of benzene rings is 2. The topological polar surface area (TPSA) is 55.6 Å². The number of fused-ring (bicyclic) bond motifs is 2. The summed E-state index contributed by atoms with van der Waals surface area (Å²) in [5.41, 5.74) is 10.2. The van der Waals surface area contributed by atoms with Gasteiger partial charge in [-0.15, -0.1) is 12.4 Å². The van der Waals surface area contributed by atoms with E-state index in [0.717, 1.165) is 54.1 Å². The minimum absolute atomic E-state index is 0.